The molecule has 0 aliphatic carbocycles. The van der Waals surface area contributed by atoms with Gasteiger partial charge in [0.25, 0.3) is 0 Å². The Morgan fingerprint density at radius 1 is 1.07 bits per heavy atom. The van der Waals surface area contributed by atoms with Crippen molar-refractivity contribution in [3.63, 3.8) is 0 Å². The molecule has 1 aliphatic heterocycles. The Labute approximate surface area is 244 Å². The van der Waals surface area contributed by atoms with Crippen LogP contribution in [0, 0.1) is 5.92 Å². The van der Waals surface area contributed by atoms with E-state index >= 15 is 0 Å². The van der Waals surface area contributed by atoms with Gasteiger partial charge in [-0.05, 0) is 93.1 Å². The molecule has 0 saturated heterocycles. The van der Waals surface area contributed by atoms with Crippen LogP contribution in [0.1, 0.15) is 43.4 Å². The van der Waals surface area contributed by atoms with Crippen LogP contribution in [0.15, 0.2) is 42.5 Å². The number of hydrogen-bond acceptors (Lipinski definition) is 8. The highest BCUT2D eigenvalue weighted by atomic mass is 19.4. The minimum Gasteiger partial charge on any atom is -0.423 e. The van der Waals surface area contributed by atoms with E-state index in [9.17, 15) is 27.8 Å². The molecule has 0 unspecified atom stereocenters. The van der Waals surface area contributed by atoms with Crippen molar-refractivity contribution in [2.45, 2.75) is 57.0 Å². The molecule has 0 aromatic heterocycles. The van der Waals surface area contributed by atoms with E-state index in [4.69, 9.17) is 21.9 Å². The summed E-state index contributed by atoms with van der Waals surface area (Å²) in [7, 11) is -1.17. The number of carbonyl (C=O) groups is 2. The Morgan fingerprint density at radius 3 is 2.36 bits per heavy atom. The zero-order valence-corrected chi connectivity index (χ0v) is 23.8. The Morgan fingerprint density at radius 2 is 1.74 bits per heavy atom. The van der Waals surface area contributed by atoms with Gasteiger partial charge >= 0.3 is 13.3 Å². The molecule has 1 aliphatic rings. The Kier molecular flexibility index (Phi) is 11.5. The van der Waals surface area contributed by atoms with Crippen molar-refractivity contribution in [2.24, 2.45) is 23.1 Å². The first kappa shape index (κ1) is 33.5. The highest BCUT2D eigenvalue weighted by Crippen LogP contribution is 2.31. The fourth-order valence-corrected chi connectivity index (χ4v) is 4.73. The lowest BCUT2D eigenvalue weighted by Gasteiger charge is -2.22. The molecule has 0 bridgehead atoms. The third kappa shape index (κ3) is 9.00. The van der Waals surface area contributed by atoms with Crippen molar-refractivity contribution in [1.82, 2.24) is 10.6 Å². The highest BCUT2D eigenvalue weighted by Gasteiger charge is 2.40. The van der Waals surface area contributed by atoms with Crippen molar-refractivity contribution in [3.05, 3.63) is 59.2 Å². The van der Waals surface area contributed by atoms with Crippen LogP contribution in [0.5, 0.6) is 0 Å². The molecule has 3 rings (SSSR count). The fourth-order valence-electron chi connectivity index (χ4n) is 4.73. The number of rotatable bonds is 14. The first-order valence-electron chi connectivity index (χ1n) is 13.9. The fraction of sp³-hybridized carbons (Fsp3) is 0.500. The van der Waals surface area contributed by atoms with Crippen molar-refractivity contribution in [3.8, 4) is 0 Å². The maximum atomic E-state index is 13.4. The number of amides is 2. The van der Waals surface area contributed by atoms with Gasteiger partial charge in [0.05, 0.1) is 17.2 Å². The van der Waals surface area contributed by atoms with E-state index in [2.05, 4.69) is 16.0 Å². The van der Waals surface area contributed by atoms with Crippen LogP contribution in [0.4, 0.5) is 18.9 Å². The third-order valence-corrected chi connectivity index (χ3v) is 7.30. The van der Waals surface area contributed by atoms with E-state index in [1.165, 1.54) is 12.1 Å². The van der Waals surface area contributed by atoms with Gasteiger partial charge in [0, 0.05) is 18.7 Å². The highest BCUT2D eigenvalue weighted by molar-refractivity contribution is 6.62. The summed E-state index contributed by atoms with van der Waals surface area (Å²) in [4.78, 5) is 26.3. The number of hydrogen-bond donors (Lipinski definition) is 7. The van der Waals surface area contributed by atoms with Crippen molar-refractivity contribution in [2.75, 3.05) is 31.5 Å². The van der Waals surface area contributed by atoms with Crippen molar-refractivity contribution in [1.29, 1.82) is 0 Å². The maximum Gasteiger partial charge on any atom is 0.492 e. The minimum absolute atomic E-state index is 0.0761. The Balaban J connectivity index is 1.69. The monoisotopic (exact) mass is 592 g/mol. The van der Waals surface area contributed by atoms with Crippen molar-refractivity contribution < 1.29 is 32.4 Å². The lowest BCUT2D eigenvalue weighted by Crippen LogP contribution is -2.51. The van der Waals surface area contributed by atoms with E-state index < -0.39 is 48.4 Å². The summed E-state index contributed by atoms with van der Waals surface area (Å²) in [6.45, 7) is 5.79. The Hall–Kier alpha value is -3.01. The second-order valence-electron chi connectivity index (χ2n) is 11.0. The average molecular weight is 592 g/mol. The number of anilines is 1. The number of halogens is 3. The van der Waals surface area contributed by atoms with Gasteiger partial charge in [-0.3, -0.25) is 9.59 Å². The third-order valence-electron chi connectivity index (χ3n) is 7.30. The number of carbonyl (C=O) groups excluding carboxylic acids is 2. The summed E-state index contributed by atoms with van der Waals surface area (Å²) in [6.07, 6.45) is -3.66. The topological polar surface area (TPSA) is 178 Å². The molecule has 2 atom stereocenters. The predicted molar refractivity (Wildman–Crippen MR) is 156 cm³/mol. The Bertz CT molecular complexity index is 1210. The largest absolute Gasteiger partial charge is 0.492 e. The molecule has 0 fully saturated rings. The van der Waals surface area contributed by atoms with Gasteiger partial charge < -0.3 is 42.8 Å². The minimum atomic E-state index is -4.50. The average Bonchev–Trinajstić information content (AvgIpc) is 3.16. The van der Waals surface area contributed by atoms with Gasteiger partial charge in [-0.15, -0.1) is 0 Å². The molecular weight excluding hydrogens is 552 g/mol. The van der Waals surface area contributed by atoms with Crippen LogP contribution in [0.25, 0.3) is 0 Å². The summed E-state index contributed by atoms with van der Waals surface area (Å²) >= 11 is 0. The molecule has 2 aromatic carbocycles. The molecule has 0 saturated carbocycles. The van der Waals surface area contributed by atoms with Crippen LogP contribution < -0.4 is 38.6 Å². The SMILES string of the molecule is CC1(C)OB(O)c2cc(NC(=O)[C@@H](Cc3ccc(C(F)(F)F)cc3)NC(=O)[C@@H](N)CCCNCC(CN)CN)ccc21. The van der Waals surface area contributed by atoms with E-state index in [1.807, 2.05) is 13.8 Å². The molecule has 1 heterocycles. The van der Waals surface area contributed by atoms with Gasteiger partial charge in [0.1, 0.15) is 6.04 Å². The lowest BCUT2D eigenvalue weighted by atomic mass is 9.78. The molecule has 14 heteroatoms. The molecule has 2 amide bonds. The lowest BCUT2D eigenvalue weighted by molar-refractivity contribution is -0.137. The predicted octanol–water partition coefficient (Wildman–Crippen LogP) is 0.555. The van der Waals surface area contributed by atoms with E-state index in [0.29, 0.717) is 55.7 Å². The van der Waals surface area contributed by atoms with Gasteiger partial charge in [0.2, 0.25) is 11.8 Å². The summed E-state index contributed by atoms with van der Waals surface area (Å²) < 4.78 is 44.7. The molecule has 42 heavy (non-hydrogen) atoms. The van der Waals surface area contributed by atoms with Crippen molar-refractivity contribution >= 4 is 30.1 Å². The van der Waals surface area contributed by atoms with Crippen LogP contribution in [-0.4, -0.2) is 62.2 Å². The number of nitrogens with one attached hydrogen (secondary N) is 3. The number of nitrogens with two attached hydrogens (primary N) is 3. The second-order valence-corrected chi connectivity index (χ2v) is 11.0. The van der Waals surface area contributed by atoms with Gasteiger partial charge in [-0.25, -0.2) is 0 Å². The van der Waals surface area contributed by atoms with Crippen LogP contribution >= 0.6 is 0 Å². The molecule has 0 radical (unpaired) electrons. The zero-order chi connectivity index (χ0) is 31.1. The van der Waals surface area contributed by atoms with Gasteiger partial charge in [-0.1, -0.05) is 18.2 Å². The summed E-state index contributed by atoms with van der Waals surface area (Å²) in [5.74, 6) is -1.01. The number of alkyl halides is 3. The van der Waals surface area contributed by atoms with Gasteiger partial charge in [-0.2, -0.15) is 13.2 Å². The molecule has 10 nitrogen and oxygen atoms in total. The molecule has 2 aromatic rings. The molecule has 10 N–H and O–H groups in total. The van der Waals surface area contributed by atoms with E-state index in [-0.39, 0.29) is 12.3 Å². The molecule has 230 valence electrons. The van der Waals surface area contributed by atoms with E-state index in [1.54, 1.807) is 18.2 Å². The smallest absolute Gasteiger partial charge is 0.423 e. The molecule has 0 spiro atoms. The first-order chi connectivity index (χ1) is 19.7. The quantitative estimate of drug-likeness (QED) is 0.123. The second kappa shape index (κ2) is 14.4. The standard InChI is InChI=1S/C28H40BF3N6O4/c1-27(2)21-10-9-20(13-22(21)29(41)42-27)37-26(40)24(12-17-5-7-19(8-6-17)28(30,31)32)38-25(39)23(35)4-3-11-36-16-18(14-33)15-34/h5-10,13,18,23-24,36,41H,3-4,11-12,14-16,33-35H2,1-2H3,(H,37,40)(H,38,39)/t23-,24+/m0/s1. The first-order valence-corrected chi connectivity index (χ1v) is 13.9. The normalized spacial score (nSPS) is 15.8. The number of benzene rings is 2. The summed E-state index contributed by atoms with van der Waals surface area (Å²) in [5, 5.41) is 18.9. The van der Waals surface area contributed by atoms with Crippen LogP contribution in [0.2, 0.25) is 0 Å². The van der Waals surface area contributed by atoms with Crippen LogP contribution in [-0.2, 0) is 32.4 Å². The summed E-state index contributed by atoms with van der Waals surface area (Å²) in [5.41, 5.74) is 17.9. The maximum absolute atomic E-state index is 13.4. The number of fused-ring (bicyclic) bond motifs is 1. The van der Waals surface area contributed by atoms with Crippen LogP contribution in [0.3, 0.4) is 0 Å². The summed E-state index contributed by atoms with van der Waals surface area (Å²) in [6, 6.07) is 7.30. The van der Waals surface area contributed by atoms with E-state index in [0.717, 1.165) is 17.7 Å². The zero-order valence-electron chi connectivity index (χ0n) is 23.8. The van der Waals surface area contributed by atoms with Gasteiger partial charge in [0.15, 0.2) is 0 Å². The molecular formula is C28H40BF3N6O4.